The van der Waals surface area contributed by atoms with E-state index >= 15 is 0 Å². The van der Waals surface area contributed by atoms with E-state index in [2.05, 4.69) is 5.32 Å². The van der Waals surface area contributed by atoms with Crippen LogP contribution in [-0.4, -0.2) is 20.9 Å². The molecule has 132 valence electrons. The first-order valence-corrected chi connectivity index (χ1v) is 9.56. The number of carbonyl (C=O) groups excluding carboxylic acids is 1. The van der Waals surface area contributed by atoms with Crippen molar-refractivity contribution in [3.8, 4) is 5.75 Å². The highest BCUT2D eigenvalue weighted by molar-refractivity contribution is 7.89. The van der Waals surface area contributed by atoms with Crippen molar-refractivity contribution in [3.05, 3.63) is 58.6 Å². The standard InChI is InChI=1S/C17H17ClN2O4S/c18-14-3-6-16-12(8-14)7-13(10-24-16)17(21)20-9-11-1-4-15(5-2-11)25(19,22)23/h1-6,8,13H,7,9-10H2,(H,20,21)(H2,19,22,23). The second-order valence-corrected chi connectivity index (χ2v) is 7.87. The number of nitrogens with two attached hydrogens (primary N) is 1. The number of sulfonamides is 1. The molecule has 8 heteroatoms. The van der Waals surface area contributed by atoms with Crippen molar-refractivity contribution in [2.45, 2.75) is 17.9 Å². The van der Waals surface area contributed by atoms with E-state index in [-0.39, 0.29) is 16.7 Å². The minimum Gasteiger partial charge on any atom is -0.492 e. The molecular weight excluding hydrogens is 364 g/mol. The van der Waals surface area contributed by atoms with Gasteiger partial charge in [-0.3, -0.25) is 4.79 Å². The molecule has 2 aromatic carbocycles. The lowest BCUT2D eigenvalue weighted by molar-refractivity contribution is -0.126. The van der Waals surface area contributed by atoms with Gasteiger partial charge in [-0.05, 0) is 47.9 Å². The predicted molar refractivity (Wildman–Crippen MR) is 93.8 cm³/mol. The summed E-state index contributed by atoms with van der Waals surface area (Å²) >= 11 is 5.98. The van der Waals surface area contributed by atoms with Gasteiger partial charge in [0.05, 0.1) is 10.8 Å². The fraction of sp³-hybridized carbons (Fsp3) is 0.235. The number of carbonyl (C=O) groups is 1. The number of benzene rings is 2. The van der Waals surface area contributed by atoms with Gasteiger partial charge in [-0.15, -0.1) is 0 Å². The molecule has 6 nitrogen and oxygen atoms in total. The fourth-order valence-corrected chi connectivity index (χ4v) is 3.37. The van der Waals surface area contributed by atoms with Crippen LogP contribution in [0.3, 0.4) is 0 Å². The monoisotopic (exact) mass is 380 g/mol. The number of hydrogen-bond acceptors (Lipinski definition) is 4. The summed E-state index contributed by atoms with van der Waals surface area (Å²) in [5.41, 5.74) is 1.69. The van der Waals surface area contributed by atoms with Gasteiger partial charge in [0, 0.05) is 11.6 Å². The Morgan fingerprint density at radius 2 is 1.96 bits per heavy atom. The van der Waals surface area contributed by atoms with Gasteiger partial charge in [0.15, 0.2) is 0 Å². The molecule has 0 spiro atoms. The number of rotatable bonds is 4. The van der Waals surface area contributed by atoms with Crippen molar-refractivity contribution in [3.63, 3.8) is 0 Å². The summed E-state index contributed by atoms with van der Waals surface area (Å²) < 4.78 is 28.1. The Morgan fingerprint density at radius 3 is 2.64 bits per heavy atom. The van der Waals surface area contributed by atoms with E-state index in [0.29, 0.717) is 24.6 Å². The van der Waals surface area contributed by atoms with Crippen molar-refractivity contribution in [2.75, 3.05) is 6.61 Å². The summed E-state index contributed by atoms with van der Waals surface area (Å²) in [5.74, 6) is 0.336. The maximum absolute atomic E-state index is 12.4. The molecular formula is C17H17ClN2O4S. The number of hydrogen-bond donors (Lipinski definition) is 2. The van der Waals surface area contributed by atoms with Gasteiger partial charge in [-0.2, -0.15) is 0 Å². The van der Waals surface area contributed by atoms with Crippen LogP contribution in [0.4, 0.5) is 0 Å². The number of fused-ring (bicyclic) bond motifs is 1. The van der Waals surface area contributed by atoms with E-state index in [9.17, 15) is 13.2 Å². The lowest BCUT2D eigenvalue weighted by atomic mass is 9.96. The maximum atomic E-state index is 12.4. The quantitative estimate of drug-likeness (QED) is 0.845. The van der Waals surface area contributed by atoms with Crippen LogP contribution >= 0.6 is 11.6 Å². The van der Waals surface area contributed by atoms with E-state index in [1.54, 1.807) is 24.3 Å². The summed E-state index contributed by atoms with van der Waals surface area (Å²) in [7, 11) is -3.71. The van der Waals surface area contributed by atoms with Gasteiger partial charge < -0.3 is 10.1 Å². The van der Waals surface area contributed by atoms with Crippen molar-refractivity contribution in [2.24, 2.45) is 11.1 Å². The van der Waals surface area contributed by atoms with Crippen molar-refractivity contribution >= 4 is 27.5 Å². The molecule has 0 saturated heterocycles. The summed E-state index contributed by atoms with van der Waals surface area (Å²) in [6.45, 7) is 0.605. The first-order valence-electron chi connectivity index (χ1n) is 7.63. The molecule has 0 aliphatic carbocycles. The van der Waals surface area contributed by atoms with E-state index in [4.69, 9.17) is 21.5 Å². The van der Waals surface area contributed by atoms with Crippen molar-refractivity contribution in [1.82, 2.24) is 5.32 Å². The zero-order valence-electron chi connectivity index (χ0n) is 13.2. The number of halogens is 1. The number of nitrogens with one attached hydrogen (secondary N) is 1. The van der Waals surface area contributed by atoms with Crippen LogP contribution in [-0.2, 0) is 27.8 Å². The Hall–Kier alpha value is -2.09. The minimum atomic E-state index is -3.71. The Bertz CT molecular complexity index is 897. The first kappa shape index (κ1) is 17.7. The molecule has 1 unspecified atom stereocenters. The predicted octanol–water partition coefficient (Wildman–Crippen LogP) is 1.85. The summed E-state index contributed by atoms with van der Waals surface area (Å²) in [6.07, 6.45) is 0.562. The zero-order valence-corrected chi connectivity index (χ0v) is 14.8. The second-order valence-electron chi connectivity index (χ2n) is 5.87. The highest BCUT2D eigenvalue weighted by Gasteiger charge is 2.26. The molecule has 1 heterocycles. The van der Waals surface area contributed by atoms with Crippen LogP contribution in [0.15, 0.2) is 47.4 Å². The van der Waals surface area contributed by atoms with Gasteiger partial charge in [0.25, 0.3) is 0 Å². The third kappa shape index (κ3) is 4.31. The molecule has 2 aromatic rings. The molecule has 1 aliphatic rings. The zero-order chi connectivity index (χ0) is 18.0. The van der Waals surface area contributed by atoms with E-state index in [1.165, 1.54) is 12.1 Å². The third-order valence-corrected chi connectivity index (χ3v) is 5.18. The van der Waals surface area contributed by atoms with Crippen LogP contribution in [0.5, 0.6) is 5.75 Å². The van der Waals surface area contributed by atoms with Crippen LogP contribution in [0.25, 0.3) is 0 Å². The average Bonchev–Trinajstić information content (AvgIpc) is 2.58. The van der Waals surface area contributed by atoms with Gasteiger partial charge in [-0.1, -0.05) is 23.7 Å². The van der Waals surface area contributed by atoms with Crippen LogP contribution in [0.2, 0.25) is 5.02 Å². The largest absolute Gasteiger partial charge is 0.492 e. The average molecular weight is 381 g/mol. The maximum Gasteiger partial charge on any atom is 0.238 e. The Morgan fingerprint density at radius 1 is 1.24 bits per heavy atom. The summed E-state index contributed by atoms with van der Waals surface area (Å²) in [5, 5.41) is 8.50. The first-order chi connectivity index (χ1) is 11.8. The molecule has 0 fully saturated rings. The number of primary sulfonamides is 1. The van der Waals surface area contributed by atoms with Crippen molar-refractivity contribution < 1.29 is 17.9 Å². The molecule has 25 heavy (non-hydrogen) atoms. The molecule has 0 bridgehead atoms. The lowest BCUT2D eigenvalue weighted by Gasteiger charge is -2.24. The smallest absolute Gasteiger partial charge is 0.238 e. The molecule has 0 saturated carbocycles. The Labute approximate surface area is 151 Å². The molecule has 0 radical (unpaired) electrons. The lowest BCUT2D eigenvalue weighted by Crippen LogP contribution is -2.37. The molecule has 3 rings (SSSR count). The second kappa shape index (κ2) is 7.03. The normalized spacial score (nSPS) is 16.6. The van der Waals surface area contributed by atoms with E-state index < -0.39 is 10.0 Å². The van der Waals surface area contributed by atoms with E-state index in [0.717, 1.165) is 16.9 Å². The number of amides is 1. The van der Waals surface area contributed by atoms with Crippen LogP contribution in [0.1, 0.15) is 11.1 Å². The Kier molecular flexibility index (Phi) is 4.99. The van der Waals surface area contributed by atoms with Gasteiger partial charge in [0.1, 0.15) is 12.4 Å². The molecule has 0 aromatic heterocycles. The molecule has 3 N–H and O–H groups in total. The van der Waals surface area contributed by atoms with Gasteiger partial charge >= 0.3 is 0 Å². The third-order valence-electron chi connectivity index (χ3n) is 4.02. The van der Waals surface area contributed by atoms with E-state index in [1.807, 2.05) is 6.07 Å². The Balaban J connectivity index is 1.60. The molecule has 1 amide bonds. The topological polar surface area (TPSA) is 98.5 Å². The molecule has 1 aliphatic heterocycles. The number of ether oxygens (including phenoxy) is 1. The minimum absolute atomic E-state index is 0.0387. The summed E-state index contributed by atoms with van der Waals surface area (Å²) in [6, 6.07) is 11.4. The molecule has 1 atom stereocenters. The van der Waals surface area contributed by atoms with Crippen LogP contribution in [0, 0.1) is 5.92 Å². The van der Waals surface area contributed by atoms with Gasteiger partial charge in [0.2, 0.25) is 15.9 Å². The van der Waals surface area contributed by atoms with Crippen LogP contribution < -0.4 is 15.2 Å². The summed E-state index contributed by atoms with van der Waals surface area (Å²) in [4.78, 5) is 12.4. The SMILES string of the molecule is NS(=O)(=O)c1ccc(CNC(=O)C2COc3ccc(Cl)cc3C2)cc1. The fourth-order valence-electron chi connectivity index (χ4n) is 2.66. The highest BCUT2D eigenvalue weighted by Crippen LogP contribution is 2.29. The van der Waals surface area contributed by atoms with Gasteiger partial charge in [-0.25, -0.2) is 13.6 Å². The van der Waals surface area contributed by atoms with Crippen molar-refractivity contribution in [1.29, 1.82) is 0 Å². The highest BCUT2D eigenvalue weighted by atomic mass is 35.5.